The highest BCUT2D eigenvalue weighted by atomic mass is 16.5. The van der Waals surface area contributed by atoms with Crippen LogP contribution in [0.4, 0.5) is 0 Å². The topological polar surface area (TPSA) is 93.5 Å². The molecular weight excluding hydrogens is 384 g/mol. The Kier molecular flexibility index (Phi) is 4.86. The zero-order valence-corrected chi connectivity index (χ0v) is 16.6. The van der Waals surface area contributed by atoms with Gasteiger partial charge in [-0.25, -0.2) is 4.98 Å². The Morgan fingerprint density at radius 1 is 1.20 bits per heavy atom. The number of benzene rings is 1. The van der Waals surface area contributed by atoms with Crippen molar-refractivity contribution in [1.29, 1.82) is 0 Å². The molecule has 3 heterocycles. The van der Waals surface area contributed by atoms with Crippen molar-refractivity contribution in [1.82, 2.24) is 19.8 Å². The maximum atomic E-state index is 13.3. The molecule has 2 saturated heterocycles. The Balaban J connectivity index is 1.30. The van der Waals surface area contributed by atoms with Crippen molar-refractivity contribution in [3.05, 3.63) is 48.5 Å². The predicted molar refractivity (Wildman–Crippen MR) is 107 cm³/mol. The molecule has 2 aliphatic heterocycles. The molecule has 3 unspecified atom stereocenters. The van der Waals surface area contributed by atoms with Gasteiger partial charge in [0.05, 0.1) is 12.4 Å². The summed E-state index contributed by atoms with van der Waals surface area (Å²) in [6.45, 7) is 0.568. The third-order valence-corrected chi connectivity index (χ3v) is 6.20. The van der Waals surface area contributed by atoms with Crippen molar-refractivity contribution in [2.24, 2.45) is 5.92 Å². The second-order valence-electron chi connectivity index (χ2n) is 8.30. The highest BCUT2D eigenvalue weighted by Crippen LogP contribution is 2.35. The molecule has 2 aromatic rings. The number of nitrogens with zero attached hydrogens (tertiary/aromatic N) is 3. The van der Waals surface area contributed by atoms with E-state index in [2.05, 4.69) is 10.3 Å². The van der Waals surface area contributed by atoms with Crippen molar-refractivity contribution in [2.75, 3.05) is 13.2 Å². The summed E-state index contributed by atoms with van der Waals surface area (Å²) in [4.78, 5) is 44.0. The number of carbonyl (C=O) groups is 3. The number of ether oxygens (including phenoxy) is 1. The molecule has 3 atom stereocenters. The van der Waals surface area contributed by atoms with Crippen molar-refractivity contribution in [3.8, 4) is 5.69 Å². The summed E-state index contributed by atoms with van der Waals surface area (Å²) in [5.74, 6) is -0.0400. The van der Waals surface area contributed by atoms with E-state index < -0.39 is 12.1 Å². The predicted octanol–water partition coefficient (Wildman–Crippen LogP) is 1.34. The standard InChI is InChI=1S/C22H24N4O4/c27-18-12-30-19-7-9-26(20(18)19)22(29)17(11-14-1-2-14)24-21(28)15-3-5-16(6-4-15)25-10-8-23-13-25/h3-6,8,10,13-14,17,19-20H,1-2,7,9,11-12H2,(H,24,28). The van der Waals surface area contributed by atoms with Crippen LogP contribution in [0.2, 0.25) is 0 Å². The van der Waals surface area contributed by atoms with Gasteiger partial charge >= 0.3 is 0 Å². The molecule has 2 amide bonds. The molecule has 5 rings (SSSR count). The monoisotopic (exact) mass is 408 g/mol. The molecule has 8 heteroatoms. The summed E-state index contributed by atoms with van der Waals surface area (Å²) >= 11 is 0. The zero-order chi connectivity index (χ0) is 20.7. The number of ketones is 1. The summed E-state index contributed by atoms with van der Waals surface area (Å²) in [5.41, 5.74) is 1.39. The second-order valence-corrected chi connectivity index (χ2v) is 8.30. The van der Waals surface area contributed by atoms with Crippen LogP contribution in [-0.2, 0) is 14.3 Å². The summed E-state index contributed by atoms with van der Waals surface area (Å²) in [7, 11) is 0. The second kappa shape index (κ2) is 7.68. The minimum absolute atomic E-state index is 0.0440. The Morgan fingerprint density at radius 3 is 2.70 bits per heavy atom. The number of Topliss-reactive ketones (excluding diaryl/α,β-unsaturated/α-hetero) is 1. The van der Waals surface area contributed by atoms with Gasteiger partial charge in [0.2, 0.25) is 5.91 Å². The molecule has 1 saturated carbocycles. The van der Waals surface area contributed by atoms with Gasteiger partial charge in [0.1, 0.15) is 18.7 Å². The van der Waals surface area contributed by atoms with Crippen LogP contribution in [-0.4, -0.2) is 63.4 Å². The average molecular weight is 408 g/mol. The fraction of sp³-hybridized carbons (Fsp3) is 0.455. The minimum Gasteiger partial charge on any atom is -0.368 e. The highest BCUT2D eigenvalue weighted by molar-refractivity contribution is 5.99. The van der Waals surface area contributed by atoms with E-state index in [-0.39, 0.29) is 30.3 Å². The van der Waals surface area contributed by atoms with Gasteiger partial charge in [-0.2, -0.15) is 0 Å². The van der Waals surface area contributed by atoms with E-state index >= 15 is 0 Å². The molecule has 0 radical (unpaired) electrons. The first-order chi connectivity index (χ1) is 14.6. The van der Waals surface area contributed by atoms with E-state index in [1.54, 1.807) is 29.6 Å². The number of aromatic nitrogens is 2. The van der Waals surface area contributed by atoms with E-state index in [9.17, 15) is 14.4 Å². The van der Waals surface area contributed by atoms with Gasteiger partial charge in [0.25, 0.3) is 5.91 Å². The van der Waals surface area contributed by atoms with Gasteiger partial charge in [0.15, 0.2) is 5.78 Å². The largest absolute Gasteiger partial charge is 0.368 e. The summed E-state index contributed by atoms with van der Waals surface area (Å²) in [6, 6.07) is 6.05. The molecule has 0 bridgehead atoms. The van der Waals surface area contributed by atoms with Gasteiger partial charge in [-0.15, -0.1) is 0 Å². The van der Waals surface area contributed by atoms with Crippen molar-refractivity contribution in [3.63, 3.8) is 0 Å². The van der Waals surface area contributed by atoms with E-state index in [1.807, 2.05) is 22.9 Å². The van der Waals surface area contributed by atoms with E-state index in [4.69, 9.17) is 4.74 Å². The Morgan fingerprint density at radius 2 is 2.00 bits per heavy atom. The first-order valence-electron chi connectivity index (χ1n) is 10.4. The van der Waals surface area contributed by atoms with Crippen LogP contribution in [0.3, 0.4) is 0 Å². The number of fused-ring (bicyclic) bond motifs is 1. The van der Waals surface area contributed by atoms with Gasteiger partial charge in [0, 0.05) is 30.2 Å². The zero-order valence-electron chi connectivity index (χ0n) is 16.6. The molecule has 0 spiro atoms. The van der Waals surface area contributed by atoms with Crippen LogP contribution in [0.25, 0.3) is 5.69 Å². The highest BCUT2D eigenvalue weighted by Gasteiger charge is 2.48. The molecule has 1 N–H and O–H groups in total. The number of hydrogen-bond donors (Lipinski definition) is 1. The minimum atomic E-state index is -0.620. The number of nitrogens with one attached hydrogen (secondary N) is 1. The number of carbonyl (C=O) groups excluding carboxylic acids is 3. The fourth-order valence-electron chi connectivity index (χ4n) is 4.39. The molecule has 3 fully saturated rings. The van der Waals surface area contributed by atoms with Gasteiger partial charge in [-0.3, -0.25) is 14.4 Å². The number of likely N-dealkylation sites (tertiary alicyclic amines) is 1. The van der Waals surface area contributed by atoms with Crippen LogP contribution in [0, 0.1) is 5.92 Å². The van der Waals surface area contributed by atoms with E-state index in [0.29, 0.717) is 30.9 Å². The molecular formula is C22H24N4O4. The third kappa shape index (κ3) is 3.63. The lowest BCUT2D eigenvalue weighted by Gasteiger charge is -2.27. The smallest absolute Gasteiger partial charge is 0.251 e. The maximum Gasteiger partial charge on any atom is 0.251 e. The Labute approximate surface area is 174 Å². The molecule has 8 nitrogen and oxygen atoms in total. The lowest BCUT2D eigenvalue weighted by atomic mass is 10.1. The number of imidazole rings is 1. The lowest BCUT2D eigenvalue weighted by Crippen LogP contribution is -2.52. The van der Waals surface area contributed by atoms with Gasteiger partial charge in [-0.1, -0.05) is 12.8 Å². The van der Waals surface area contributed by atoms with Crippen LogP contribution in [0.15, 0.2) is 43.0 Å². The van der Waals surface area contributed by atoms with E-state index in [0.717, 1.165) is 18.5 Å². The third-order valence-electron chi connectivity index (χ3n) is 6.20. The molecule has 1 aromatic carbocycles. The number of hydrogen-bond acceptors (Lipinski definition) is 5. The van der Waals surface area contributed by atoms with Crippen LogP contribution >= 0.6 is 0 Å². The first kappa shape index (κ1) is 19.0. The quantitative estimate of drug-likeness (QED) is 0.779. The molecule has 1 aromatic heterocycles. The summed E-state index contributed by atoms with van der Waals surface area (Å²) in [6.07, 6.45) is 8.45. The lowest BCUT2D eigenvalue weighted by molar-refractivity contribution is -0.138. The normalized spacial score (nSPS) is 24.0. The SMILES string of the molecule is O=C(NC(CC1CC1)C(=O)N1CCC2OCC(=O)C21)c1ccc(-n2ccnc2)cc1. The van der Waals surface area contributed by atoms with Crippen LogP contribution < -0.4 is 5.32 Å². The van der Waals surface area contributed by atoms with Crippen molar-refractivity contribution < 1.29 is 19.1 Å². The van der Waals surface area contributed by atoms with Crippen LogP contribution in [0.5, 0.6) is 0 Å². The fourth-order valence-corrected chi connectivity index (χ4v) is 4.39. The maximum absolute atomic E-state index is 13.3. The molecule has 156 valence electrons. The number of amides is 2. The molecule has 30 heavy (non-hydrogen) atoms. The van der Waals surface area contributed by atoms with Crippen molar-refractivity contribution in [2.45, 2.75) is 43.9 Å². The van der Waals surface area contributed by atoms with Gasteiger partial charge in [-0.05, 0) is 43.0 Å². The molecule has 3 aliphatic rings. The van der Waals surface area contributed by atoms with Crippen molar-refractivity contribution >= 4 is 17.6 Å². The van der Waals surface area contributed by atoms with Gasteiger partial charge < -0.3 is 19.5 Å². The first-order valence-corrected chi connectivity index (χ1v) is 10.4. The average Bonchev–Trinajstić information content (AvgIpc) is 3.13. The Bertz CT molecular complexity index is 952. The summed E-state index contributed by atoms with van der Waals surface area (Å²) in [5, 5.41) is 2.93. The number of rotatable bonds is 6. The molecule has 1 aliphatic carbocycles. The Hall–Kier alpha value is -3.00. The van der Waals surface area contributed by atoms with Crippen LogP contribution in [0.1, 0.15) is 36.0 Å². The van der Waals surface area contributed by atoms with E-state index in [1.165, 1.54) is 0 Å². The summed E-state index contributed by atoms with van der Waals surface area (Å²) < 4.78 is 7.35.